The van der Waals surface area contributed by atoms with Gasteiger partial charge >= 0.3 is 0 Å². The summed E-state index contributed by atoms with van der Waals surface area (Å²) < 4.78 is 13.8. The number of rotatable bonds is 9. The highest BCUT2D eigenvalue weighted by atomic mass is 35.7. The molecule has 0 spiro atoms. The van der Waals surface area contributed by atoms with Crippen LogP contribution in [0.5, 0.6) is 0 Å². The minimum absolute atomic E-state index is 0.263. The fraction of sp³-hybridized carbons (Fsp3) is 0.442. The molecule has 284 valence electrons. The number of nitrogens with one attached hydrogen (secondary N) is 1. The molecule has 0 aromatic heterocycles. The van der Waals surface area contributed by atoms with E-state index in [-0.39, 0.29) is 18.2 Å². The Hall–Kier alpha value is -2.21. The molecule has 4 aliphatic heterocycles. The lowest BCUT2D eigenvalue weighted by atomic mass is 10.1. The topological polar surface area (TPSA) is 57.2 Å². The van der Waals surface area contributed by atoms with Crippen LogP contribution in [0.4, 0.5) is 0 Å². The summed E-state index contributed by atoms with van der Waals surface area (Å²) in [5, 5.41) is 20.0. The molecule has 4 aromatic rings. The summed E-state index contributed by atoms with van der Waals surface area (Å²) in [6, 6.07) is 46.3. The number of morpholine rings is 1. The fourth-order valence-electron chi connectivity index (χ4n) is 8.45. The van der Waals surface area contributed by atoms with E-state index in [1.807, 2.05) is 0 Å². The van der Waals surface area contributed by atoms with Crippen LogP contribution in [0.2, 0.25) is 25.2 Å². The molecule has 4 saturated heterocycles. The Bertz CT molecular complexity index is 1560. The molecule has 0 amide bonds. The highest BCUT2D eigenvalue weighted by Gasteiger charge is 2.48. The minimum Gasteiger partial charge on any atom is -0.392 e. The van der Waals surface area contributed by atoms with E-state index in [9.17, 15) is 5.11 Å². The molecule has 10 heteroatoms. The zero-order valence-electron chi connectivity index (χ0n) is 31.8. The molecule has 4 aromatic carbocycles. The highest BCUT2D eigenvalue weighted by Crippen LogP contribution is 2.59. The van der Waals surface area contributed by atoms with Crippen molar-refractivity contribution in [3.63, 3.8) is 0 Å². The van der Waals surface area contributed by atoms with E-state index in [0.717, 1.165) is 57.9 Å². The van der Waals surface area contributed by atoms with Crippen molar-refractivity contribution in [2.24, 2.45) is 0 Å². The van der Waals surface area contributed by atoms with Crippen LogP contribution in [0.3, 0.4) is 0 Å². The summed E-state index contributed by atoms with van der Waals surface area (Å²) in [4.78, 5) is 2.27. The lowest BCUT2D eigenvalue weighted by Gasteiger charge is -2.33. The Morgan fingerprint density at radius 3 is 1.66 bits per heavy atom. The first kappa shape index (κ1) is 40.5. The number of likely N-dealkylation sites (N-methyl/N-ethyl adjacent to an activating group) is 1. The van der Waals surface area contributed by atoms with Gasteiger partial charge in [-0.1, -0.05) is 155 Å². The van der Waals surface area contributed by atoms with E-state index in [4.69, 9.17) is 20.5 Å². The van der Waals surface area contributed by atoms with Crippen LogP contribution in [0.25, 0.3) is 0 Å². The standard InChI is InChI=1S/C19H23ClNOPSi.C19H25NOSi.C5H11NO/c1-24(16-9-4-2-5-10-16,17-11-6-3-7-12-17)15-19-18-13-8-14-21(18)23(20)22-19;1-22(16-9-4-2-5-10-16,17-11-6-3-7-12-17)15-19(21)18-13-8-14-20-18;1-6-2-4-7-5-3-6/h2-7,9-12,18-19H,8,13-15H2,1H3;2-7,9-12,18-21H,8,13-15H2,1H3;2-5H2,1H3/t18-,19+,23?;18-,19+;/m00./s1. The van der Waals surface area contributed by atoms with Crippen molar-refractivity contribution in [2.45, 2.75) is 75.2 Å². The van der Waals surface area contributed by atoms with Crippen molar-refractivity contribution in [1.29, 1.82) is 0 Å². The maximum Gasteiger partial charge on any atom is 0.207 e. The van der Waals surface area contributed by atoms with Crippen LogP contribution >= 0.6 is 18.9 Å². The molecular weight excluding hydrogens is 729 g/mol. The Balaban J connectivity index is 0.000000154. The number of ether oxygens (including phenoxy) is 1. The van der Waals surface area contributed by atoms with Gasteiger partial charge in [0.15, 0.2) is 0 Å². The van der Waals surface area contributed by atoms with Crippen LogP contribution in [-0.2, 0) is 9.26 Å². The molecule has 8 rings (SSSR count). The molecule has 5 atom stereocenters. The predicted molar refractivity (Wildman–Crippen MR) is 230 cm³/mol. The fourth-order valence-corrected chi connectivity index (χ4v) is 18.4. The van der Waals surface area contributed by atoms with E-state index >= 15 is 0 Å². The monoisotopic (exact) mass is 787 g/mol. The summed E-state index contributed by atoms with van der Waals surface area (Å²) in [7, 11) is -2.57. The Labute approximate surface area is 326 Å². The van der Waals surface area contributed by atoms with Crippen LogP contribution < -0.4 is 26.1 Å². The van der Waals surface area contributed by atoms with Crippen molar-refractivity contribution in [3.05, 3.63) is 121 Å². The molecule has 2 N–H and O–H groups in total. The first-order chi connectivity index (χ1) is 25.8. The van der Waals surface area contributed by atoms with E-state index in [0.29, 0.717) is 6.04 Å². The van der Waals surface area contributed by atoms with Gasteiger partial charge in [0.2, 0.25) is 7.65 Å². The van der Waals surface area contributed by atoms with Gasteiger partial charge in [-0.05, 0) is 62.6 Å². The summed E-state index contributed by atoms with van der Waals surface area (Å²) >= 11 is 6.51. The Kier molecular flexibility index (Phi) is 15.0. The Morgan fingerprint density at radius 1 is 0.736 bits per heavy atom. The van der Waals surface area contributed by atoms with Crippen LogP contribution in [0.15, 0.2) is 121 Å². The third-order valence-electron chi connectivity index (χ3n) is 11.8. The molecule has 53 heavy (non-hydrogen) atoms. The van der Waals surface area contributed by atoms with Crippen molar-refractivity contribution in [1.82, 2.24) is 14.9 Å². The average molecular weight is 789 g/mol. The van der Waals surface area contributed by atoms with Gasteiger partial charge in [0.25, 0.3) is 0 Å². The van der Waals surface area contributed by atoms with Crippen molar-refractivity contribution in [2.75, 3.05) is 46.4 Å². The van der Waals surface area contributed by atoms with E-state index in [1.54, 1.807) is 0 Å². The van der Waals surface area contributed by atoms with Crippen molar-refractivity contribution in [3.8, 4) is 0 Å². The van der Waals surface area contributed by atoms with Gasteiger partial charge in [-0.2, -0.15) is 0 Å². The number of aliphatic hydroxyl groups excluding tert-OH is 1. The van der Waals surface area contributed by atoms with Crippen LogP contribution in [-0.4, -0.2) is 102 Å². The quantitative estimate of drug-likeness (QED) is 0.157. The minimum atomic E-state index is -1.92. The molecule has 0 aliphatic carbocycles. The first-order valence-corrected chi connectivity index (χ1v) is 27.1. The predicted octanol–water partition coefficient (Wildman–Crippen LogP) is 6.15. The van der Waals surface area contributed by atoms with E-state index in [1.165, 1.54) is 40.0 Å². The number of nitrogens with zero attached hydrogens (tertiary/aromatic N) is 2. The molecule has 0 saturated carbocycles. The number of hydrogen-bond acceptors (Lipinski definition) is 6. The zero-order valence-corrected chi connectivity index (χ0v) is 35.5. The van der Waals surface area contributed by atoms with Crippen molar-refractivity contribution >= 4 is 55.8 Å². The summed E-state index contributed by atoms with van der Waals surface area (Å²) in [5.74, 6) is 0. The lowest BCUT2D eigenvalue weighted by molar-refractivity contribution is 0.0503. The molecule has 0 radical (unpaired) electrons. The third kappa shape index (κ3) is 10.4. The van der Waals surface area contributed by atoms with Gasteiger partial charge in [0, 0.05) is 31.7 Å². The number of benzene rings is 4. The number of hydrogen-bond donors (Lipinski definition) is 2. The molecule has 1 unspecified atom stereocenters. The number of fused-ring (bicyclic) bond motifs is 1. The van der Waals surface area contributed by atoms with Crippen LogP contribution in [0.1, 0.15) is 25.7 Å². The van der Waals surface area contributed by atoms with Gasteiger partial charge in [0.05, 0.1) is 25.4 Å². The van der Waals surface area contributed by atoms with Crippen molar-refractivity contribution < 1.29 is 14.4 Å². The summed E-state index contributed by atoms with van der Waals surface area (Å²) in [6.45, 7) is 11.0. The van der Waals surface area contributed by atoms with E-state index < -0.39 is 23.8 Å². The lowest BCUT2D eigenvalue weighted by Crippen LogP contribution is -2.58. The summed E-state index contributed by atoms with van der Waals surface area (Å²) in [5.41, 5.74) is 0. The first-order valence-electron chi connectivity index (χ1n) is 19.6. The maximum atomic E-state index is 10.8. The van der Waals surface area contributed by atoms with Gasteiger partial charge in [0.1, 0.15) is 16.1 Å². The second-order valence-electron chi connectivity index (χ2n) is 15.5. The van der Waals surface area contributed by atoms with Gasteiger partial charge in [-0.3, -0.25) is 0 Å². The summed E-state index contributed by atoms with van der Waals surface area (Å²) in [6.07, 6.45) is 4.76. The van der Waals surface area contributed by atoms with Gasteiger partial charge < -0.3 is 24.6 Å². The molecule has 6 nitrogen and oxygen atoms in total. The number of aliphatic hydroxyl groups is 1. The van der Waals surface area contributed by atoms with Crippen LogP contribution in [0, 0.1) is 0 Å². The van der Waals surface area contributed by atoms with Gasteiger partial charge in [-0.25, -0.2) is 4.67 Å². The molecule has 4 aliphatic rings. The second kappa shape index (κ2) is 19.6. The molecular formula is C43H59ClN3O3PSi2. The molecule has 0 bridgehead atoms. The largest absolute Gasteiger partial charge is 0.392 e. The smallest absolute Gasteiger partial charge is 0.207 e. The zero-order chi connectivity index (χ0) is 37.1. The SMILES string of the molecule is CN1CCOCC1.C[Si](C[C@@H](O)[C@@H]1CCCN1)(c1ccccc1)c1ccccc1.C[Si](C[C@H]1OP(Cl)N2CCC[C@@H]12)(c1ccccc1)c1ccccc1. The molecule has 4 heterocycles. The third-order valence-corrected chi connectivity index (χ3v) is 22.8. The average Bonchev–Trinajstić information content (AvgIpc) is 3.99. The van der Waals surface area contributed by atoms with Gasteiger partial charge in [-0.15, -0.1) is 0 Å². The molecule has 4 fully saturated rings. The highest BCUT2D eigenvalue weighted by molar-refractivity contribution is 7.78. The Morgan fingerprint density at radius 2 is 1.23 bits per heavy atom. The maximum absolute atomic E-state index is 10.8. The normalized spacial score (nSPS) is 24.0. The van der Waals surface area contributed by atoms with E-state index in [2.05, 4.69) is 156 Å². The number of halogens is 1. The second-order valence-corrected chi connectivity index (χ2v) is 26.0.